The molecule has 0 aromatic heterocycles. The maximum atomic E-state index is 14.2. The van der Waals surface area contributed by atoms with Gasteiger partial charge in [0.2, 0.25) is 0 Å². The van der Waals surface area contributed by atoms with Gasteiger partial charge in [0.25, 0.3) is 0 Å². The molecule has 0 fully saturated rings. The monoisotopic (exact) mass is 273 g/mol. The van der Waals surface area contributed by atoms with Crippen LogP contribution in [-0.2, 0) is 6.54 Å². The van der Waals surface area contributed by atoms with Crippen molar-refractivity contribution in [3.8, 4) is 16.9 Å². The van der Waals surface area contributed by atoms with Crippen molar-refractivity contribution in [1.29, 1.82) is 0 Å². The minimum atomic E-state index is -0.317. The highest BCUT2D eigenvalue weighted by atomic mass is 19.1. The Kier molecular flexibility index (Phi) is 4.74. The van der Waals surface area contributed by atoms with E-state index in [1.54, 1.807) is 18.2 Å². The maximum absolute atomic E-state index is 14.2. The third-order valence-corrected chi connectivity index (χ3v) is 3.16. The lowest BCUT2D eigenvalue weighted by Crippen LogP contribution is -2.21. The molecule has 1 N–H and O–H groups in total. The van der Waals surface area contributed by atoms with Crippen LogP contribution in [0, 0.1) is 5.82 Å². The molecule has 0 unspecified atom stereocenters. The molecule has 20 heavy (non-hydrogen) atoms. The maximum Gasteiger partial charge on any atom is 0.172 e. The van der Waals surface area contributed by atoms with Crippen LogP contribution in [0.25, 0.3) is 11.1 Å². The van der Waals surface area contributed by atoms with Gasteiger partial charge in [-0.1, -0.05) is 50.2 Å². The third kappa shape index (κ3) is 3.36. The van der Waals surface area contributed by atoms with Gasteiger partial charge in [0.1, 0.15) is 0 Å². The van der Waals surface area contributed by atoms with E-state index in [2.05, 4.69) is 19.2 Å². The Morgan fingerprint density at radius 2 is 1.80 bits per heavy atom. The molecule has 0 bridgehead atoms. The molecule has 2 rings (SSSR count). The van der Waals surface area contributed by atoms with Gasteiger partial charge in [-0.05, 0) is 17.2 Å². The van der Waals surface area contributed by atoms with Crippen LogP contribution in [0.1, 0.15) is 19.4 Å². The molecule has 0 amide bonds. The quantitative estimate of drug-likeness (QED) is 0.889. The van der Waals surface area contributed by atoms with Crippen LogP contribution in [-0.4, -0.2) is 13.2 Å². The summed E-state index contributed by atoms with van der Waals surface area (Å²) >= 11 is 0. The lowest BCUT2D eigenvalue weighted by molar-refractivity contribution is 0.387. The molecular weight excluding hydrogens is 253 g/mol. The highest BCUT2D eigenvalue weighted by molar-refractivity contribution is 5.66. The highest BCUT2D eigenvalue weighted by Crippen LogP contribution is 2.28. The topological polar surface area (TPSA) is 21.3 Å². The van der Waals surface area contributed by atoms with Crippen molar-refractivity contribution in [1.82, 2.24) is 5.32 Å². The van der Waals surface area contributed by atoms with Gasteiger partial charge < -0.3 is 10.1 Å². The van der Waals surface area contributed by atoms with E-state index in [1.807, 2.05) is 24.3 Å². The second kappa shape index (κ2) is 6.53. The molecule has 0 heterocycles. The predicted molar refractivity (Wildman–Crippen MR) is 80.4 cm³/mol. The number of rotatable bonds is 5. The summed E-state index contributed by atoms with van der Waals surface area (Å²) in [6, 6.07) is 13.5. The fourth-order valence-electron chi connectivity index (χ4n) is 2.02. The molecular formula is C17H20FNO. The van der Waals surface area contributed by atoms with Crippen molar-refractivity contribution in [2.24, 2.45) is 0 Å². The van der Waals surface area contributed by atoms with Gasteiger partial charge in [-0.2, -0.15) is 0 Å². The number of methoxy groups -OCH3 is 1. The van der Waals surface area contributed by atoms with Crippen molar-refractivity contribution in [2.75, 3.05) is 7.11 Å². The second-order valence-corrected chi connectivity index (χ2v) is 5.05. The Labute approximate surface area is 119 Å². The van der Waals surface area contributed by atoms with E-state index in [0.29, 0.717) is 11.6 Å². The largest absolute Gasteiger partial charge is 0.494 e. The summed E-state index contributed by atoms with van der Waals surface area (Å²) in [4.78, 5) is 0. The first kappa shape index (κ1) is 14.5. The summed E-state index contributed by atoms with van der Waals surface area (Å²) in [6.07, 6.45) is 0. The first-order valence-electron chi connectivity index (χ1n) is 6.77. The summed E-state index contributed by atoms with van der Waals surface area (Å²) in [5.41, 5.74) is 2.60. The van der Waals surface area contributed by atoms with Crippen molar-refractivity contribution < 1.29 is 9.13 Å². The molecule has 0 aliphatic heterocycles. The standard InChI is InChI=1S/C17H20FNO/c1-12(2)19-11-13-7-9-14(10-8-13)15-5-4-6-16(20-3)17(15)18/h4-10,12,19H,11H2,1-3H3. The Morgan fingerprint density at radius 1 is 1.10 bits per heavy atom. The molecule has 3 heteroatoms. The first-order valence-corrected chi connectivity index (χ1v) is 6.77. The van der Waals surface area contributed by atoms with E-state index in [1.165, 1.54) is 12.7 Å². The van der Waals surface area contributed by atoms with Gasteiger partial charge in [0.15, 0.2) is 11.6 Å². The molecule has 0 saturated heterocycles. The molecule has 0 aliphatic carbocycles. The van der Waals surface area contributed by atoms with Crippen molar-refractivity contribution >= 4 is 0 Å². The molecule has 2 nitrogen and oxygen atoms in total. The lowest BCUT2D eigenvalue weighted by atomic mass is 10.0. The molecule has 0 aliphatic rings. The summed E-state index contributed by atoms with van der Waals surface area (Å²) in [5.74, 6) is -0.0453. The molecule has 0 saturated carbocycles. The average molecular weight is 273 g/mol. The Morgan fingerprint density at radius 3 is 2.40 bits per heavy atom. The van der Waals surface area contributed by atoms with Gasteiger partial charge in [-0.15, -0.1) is 0 Å². The number of benzene rings is 2. The fraction of sp³-hybridized carbons (Fsp3) is 0.294. The predicted octanol–water partition coefficient (Wildman–Crippen LogP) is 4.00. The average Bonchev–Trinajstić information content (AvgIpc) is 2.46. The number of halogens is 1. The van der Waals surface area contributed by atoms with E-state index in [9.17, 15) is 4.39 Å². The SMILES string of the molecule is COc1cccc(-c2ccc(CNC(C)C)cc2)c1F. The number of hydrogen-bond donors (Lipinski definition) is 1. The molecule has 0 spiro atoms. The highest BCUT2D eigenvalue weighted by Gasteiger charge is 2.09. The zero-order valence-electron chi connectivity index (χ0n) is 12.1. The second-order valence-electron chi connectivity index (χ2n) is 5.05. The van der Waals surface area contributed by atoms with Crippen LogP contribution in [0.4, 0.5) is 4.39 Å². The summed E-state index contributed by atoms with van der Waals surface area (Å²) in [7, 11) is 1.48. The van der Waals surface area contributed by atoms with Crippen LogP contribution >= 0.6 is 0 Å². The summed E-state index contributed by atoms with van der Waals surface area (Å²) in [5, 5.41) is 3.36. The van der Waals surface area contributed by atoms with Gasteiger partial charge in [0, 0.05) is 18.2 Å². The third-order valence-electron chi connectivity index (χ3n) is 3.16. The zero-order chi connectivity index (χ0) is 14.5. The number of nitrogens with one attached hydrogen (secondary N) is 1. The van der Waals surface area contributed by atoms with E-state index in [4.69, 9.17) is 4.74 Å². The van der Waals surface area contributed by atoms with Crippen LogP contribution in [0.5, 0.6) is 5.75 Å². The van der Waals surface area contributed by atoms with Crippen molar-refractivity contribution in [2.45, 2.75) is 26.4 Å². The van der Waals surface area contributed by atoms with Crippen molar-refractivity contribution in [3.63, 3.8) is 0 Å². The van der Waals surface area contributed by atoms with Crippen LogP contribution in [0.2, 0.25) is 0 Å². The van der Waals surface area contributed by atoms with Gasteiger partial charge in [-0.3, -0.25) is 0 Å². The Balaban J connectivity index is 2.22. The van der Waals surface area contributed by atoms with Crippen LogP contribution < -0.4 is 10.1 Å². The van der Waals surface area contributed by atoms with Crippen LogP contribution in [0.3, 0.4) is 0 Å². The van der Waals surface area contributed by atoms with Crippen molar-refractivity contribution in [3.05, 3.63) is 53.8 Å². The minimum absolute atomic E-state index is 0.271. The molecule has 106 valence electrons. The van der Waals surface area contributed by atoms with E-state index < -0.39 is 0 Å². The number of hydrogen-bond acceptors (Lipinski definition) is 2. The lowest BCUT2D eigenvalue weighted by Gasteiger charge is -2.10. The molecule has 0 atom stereocenters. The molecule has 2 aromatic rings. The van der Waals surface area contributed by atoms with E-state index >= 15 is 0 Å². The Bertz CT molecular complexity index is 564. The van der Waals surface area contributed by atoms with Gasteiger partial charge in [-0.25, -0.2) is 4.39 Å². The molecule has 0 radical (unpaired) electrons. The van der Waals surface area contributed by atoms with E-state index in [-0.39, 0.29) is 11.6 Å². The number of ether oxygens (including phenoxy) is 1. The normalized spacial score (nSPS) is 10.8. The minimum Gasteiger partial charge on any atom is -0.494 e. The fourth-order valence-corrected chi connectivity index (χ4v) is 2.02. The zero-order valence-corrected chi connectivity index (χ0v) is 12.1. The smallest absolute Gasteiger partial charge is 0.172 e. The van der Waals surface area contributed by atoms with Gasteiger partial charge in [0.05, 0.1) is 7.11 Å². The van der Waals surface area contributed by atoms with Gasteiger partial charge >= 0.3 is 0 Å². The first-order chi connectivity index (χ1) is 9.61. The van der Waals surface area contributed by atoms with E-state index in [0.717, 1.165) is 12.1 Å². The van der Waals surface area contributed by atoms with Crippen LogP contribution in [0.15, 0.2) is 42.5 Å². The molecule has 2 aromatic carbocycles. The summed E-state index contributed by atoms with van der Waals surface area (Å²) < 4.78 is 19.2. The summed E-state index contributed by atoms with van der Waals surface area (Å²) in [6.45, 7) is 5.04. The Hall–Kier alpha value is -1.87.